The van der Waals surface area contributed by atoms with E-state index < -0.39 is 0 Å². The van der Waals surface area contributed by atoms with Crippen LogP contribution in [0.15, 0.2) is 28.9 Å². The molecule has 17 heavy (non-hydrogen) atoms. The number of nitrogens with two attached hydrogens (primary N) is 1. The molecule has 1 aromatic heterocycles. The predicted octanol–water partition coefficient (Wildman–Crippen LogP) is 3.23. The van der Waals surface area contributed by atoms with Crippen LogP contribution < -0.4 is 10.5 Å². The lowest BCUT2D eigenvalue weighted by molar-refractivity contribution is 0.455. The summed E-state index contributed by atoms with van der Waals surface area (Å²) in [6.07, 6.45) is 1.57. The number of benzene rings is 1. The van der Waals surface area contributed by atoms with E-state index in [1.165, 1.54) is 5.56 Å². The average molecular weight is 294 g/mol. The Hall–Kier alpha value is -1.62. The molecule has 0 saturated heterocycles. The van der Waals surface area contributed by atoms with E-state index in [0.29, 0.717) is 10.4 Å². The lowest BCUT2D eigenvalue weighted by Crippen LogP contribution is -1.98. The van der Waals surface area contributed by atoms with Crippen molar-refractivity contribution in [2.75, 3.05) is 5.73 Å². The fourth-order valence-electron chi connectivity index (χ4n) is 1.45. The number of ether oxygens (including phenoxy) is 1. The van der Waals surface area contributed by atoms with Crippen molar-refractivity contribution in [2.24, 2.45) is 0 Å². The van der Waals surface area contributed by atoms with Gasteiger partial charge < -0.3 is 10.5 Å². The molecule has 88 valence electrons. The summed E-state index contributed by atoms with van der Waals surface area (Å²) in [5.74, 6) is 1.37. The molecule has 0 saturated carbocycles. The highest BCUT2D eigenvalue weighted by Gasteiger charge is 2.08. The van der Waals surface area contributed by atoms with Crippen LogP contribution in [-0.4, -0.2) is 9.97 Å². The van der Waals surface area contributed by atoms with E-state index in [2.05, 4.69) is 25.9 Å². The molecule has 0 aliphatic carbocycles. The number of rotatable bonds is 2. The number of nitrogens with zero attached hydrogens (tertiary/aromatic N) is 2. The summed E-state index contributed by atoms with van der Waals surface area (Å²) in [4.78, 5) is 7.89. The number of halogens is 1. The number of aryl methyl sites for hydroxylation is 2. The molecule has 2 rings (SSSR count). The van der Waals surface area contributed by atoms with Gasteiger partial charge in [0.15, 0.2) is 0 Å². The van der Waals surface area contributed by atoms with E-state index in [1.54, 1.807) is 6.20 Å². The molecule has 0 amide bonds. The Morgan fingerprint density at radius 1 is 1.29 bits per heavy atom. The topological polar surface area (TPSA) is 61.0 Å². The molecule has 0 aliphatic heterocycles. The maximum absolute atomic E-state index is 5.70. The smallest absolute Gasteiger partial charge is 0.238 e. The summed E-state index contributed by atoms with van der Waals surface area (Å²) in [7, 11) is 0. The summed E-state index contributed by atoms with van der Waals surface area (Å²) in [5, 5.41) is 0. The van der Waals surface area contributed by atoms with Gasteiger partial charge in [0.2, 0.25) is 11.8 Å². The maximum Gasteiger partial charge on any atom is 0.238 e. The molecule has 0 aliphatic rings. The van der Waals surface area contributed by atoms with Crippen molar-refractivity contribution in [1.29, 1.82) is 0 Å². The standard InChI is InChI=1S/C12H12BrN3O/c1-7-3-4-10(8(2)5-7)17-11-9(13)6-15-12(14)16-11/h3-6H,1-2H3,(H2,14,15,16). The van der Waals surface area contributed by atoms with E-state index in [9.17, 15) is 0 Å². The van der Waals surface area contributed by atoms with Crippen molar-refractivity contribution in [3.8, 4) is 11.6 Å². The number of hydrogen-bond donors (Lipinski definition) is 1. The first-order valence-electron chi connectivity index (χ1n) is 5.09. The third-order valence-electron chi connectivity index (χ3n) is 2.27. The largest absolute Gasteiger partial charge is 0.437 e. The van der Waals surface area contributed by atoms with Gasteiger partial charge in [-0.25, -0.2) is 4.98 Å². The predicted molar refractivity (Wildman–Crippen MR) is 70.1 cm³/mol. The molecule has 0 fully saturated rings. The number of nitrogen functional groups attached to an aromatic ring is 1. The first kappa shape index (κ1) is 11.9. The second kappa shape index (κ2) is 4.71. The summed E-state index contributed by atoms with van der Waals surface area (Å²) in [5.41, 5.74) is 7.76. The zero-order valence-electron chi connectivity index (χ0n) is 9.57. The van der Waals surface area contributed by atoms with Gasteiger partial charge >= 0.3 is 0 Å². The zero-order chi connectivity index (χ0) is 12.4. The normalized spacial score (nSPS) is 10.3. The fraction of sp³-hybridized carbons (Fsp3) is 0.167. The monoisotopic (exact) mass is 293 g/mol. The first-order valence-corrected chi connectivity index (χ1v) is 5.88. The van der Waals surface area contributed by atoms with Crippen molar-refractivity contribution in [1.82, 2.24) is 9.97 Å². The summed E-state index contributed by atoms with van der Waals surface area (Å²) >= 11 is 3.32. The van der Waals surface area contributed by atoms with Gasteiger partial charge in [-0.15, -0.1) is 0 Å². The molecular formula is C12H12BrN3O. The number of aromatic nitrogens is 2. The summed E-state index contributed by atoms with van der Waals surface area (Å²) in [6.45, 7) is 4.02. The van der Waals surface area contributed by atoms with Crippen LogP contribution in [-0.2, 0) is 0 Å². The van der Waals surface area contributed by atoms with Gasteiger partial charge in [0.1, 0.15) is 5.75 Å². The van der Waals surface area contributed by atoms with Crippen molar-refractivity contribution >= 4 is 21.9 Å². The highest BCUT2D eigenvalue weighted by Crippen LogP contribution is 2.29. The molecule has 0 spiro atoms. The van der Waals surface area contributed by atoms with Gasteiger partial charge in [-0.05, 0) is 41.4 Å². The Kier molecular flexibility index (Phi) is 3.28. The Bertz CT molecular complexity index is 557. The van der Waals surface area contributed by atoms with Gasteiger partial charge in [-0.3, -0.25) is 0 Å². The van der Waals surface area contributed by atoms with Crippen LogP contribution >= 0.6 is 15.9 Å². The van der Waals surface area contributed by atoms with Crippen LogP contribution in [0.3, 0.4) is 0 Å². The molecule has 5 heteroatoms. The van der Waals surface area contributed by atoms with Crippen LogP contribution in [0.25, 0.3) is 0 Å². The van der Waals surface area contributed by atoms with Crippen molar-refractivity contribution in [2.45, 2.75) is 13.8 Å². The SMILES string of the molecule is Cc1ccc(Oc2nc(N)ncc2Br)c(C)c1. The summed E-state index contributed by atoms with van der Waals surface area (Å²) < 4.78 is 6.37. The van der Waals surface area contributed by atoms with E-state index in [-0.39, 0.29) is 5.95 Å². The number of anilines is 1. The van der Waals surface area contributed by atoms with Crippen LogP contribution in [0.2, 0.25) is 0 Å². The van der Waals surface area contributed by atoms with Gasteiger partial charge in [-0.1, -0.05) is 17.7 Å². The third kappa shape index (κ3) is 2.74. The molecule has 2 N–H and O–H groups in total. The van der Waals surface area contributed by atoms with Gasteiger partial charge in [0.05, 0.1) is 10.7 Å². The van der Waals surface area contributed by atoms with Gasteiger partial charge in [0, 0.05) is 0 Å². The quantitative estimate of drug-likeness (QED) is 0.923. The van der Waals surface area contributed by atoms with Crippen molar-refractivity contribution < 1.29 is 4.74 Å². The minimum atomic E-state index is 0.188. The van der Waals surface area contributed by atoms with Crippen LogP contribution in [0.5, 0.6) is 11.6 Å². The van der Waals surface area contributed by atoms with Crippen LogP contribution in [0.4, 0.5) is 5.95 Å². The van der Waals surface area contributed by atoms with Gasteiger partial charge in [-0.2, -0.15) is 4.98 Å². The van der Waals surface area contributed by atoms with Crippen molar-refractivity contribution in [3.63, 3.8) is 0 Å². The Morgan fingerprint density at radius 2 is 2.06 bits per heavy atom. The molecule has 1 aromatic carbocycles. The molecule has 0 radical (unpaired) electrons. The minimum absolute atomic E-state index is 0.188. The third-order valence-corrected chi connectivity index (χ3v) is 2.81. The molecule has 4 nitrogen and oxygen atoms in total. The van der Waals surface area contributed by atoms with E-state index in [4.69, 9.17) is 10.5 Å². The van der Waals surface area contributed by atoms with Crippen molar-refractivity contribution in [3.05, 3.63) is 40.0 Å². The second-order valence-electron chi connectivity index (χ2n) is 3.75. The first-order chi connectivity index (χ1) is 8.06. The fourth-order valence-corrected chi connectivity index (χ4v) is 1.73. The van der Waals surface area contributed by atoms with Crippen LogP contribution in [0, 0.1) is 13.8 Å². The second-order valence-corrected chi connectivity index (χ2v) is 4.61. The average Bonchev–Trinajstić information content (AvgIpc) is 2.27. The molecule has 0 atom stereocenters. The minimum Gasteiger partial charge on any atom is -0.437 e. The maximum atomic E-state index is 5.70. The Balaban J connectivity index is 2.34. The lowest BCUT2D eigenvalue weighted by Gasteiger charge is -2.09. The Labute approximate surface area is 108 Å². The van der Waals surface area contributed by atoms with Crippen LogP contribution in [0.1, 0.15) is 11.1 Å². The molecule has 0 bridgehead atoms. The number of hydrogen-bond acceptors (Lipinski definition) is 4. The molecular weight excluding hydrogens is 282 g/mol. The van der Waals surface area contributed by atoms with E-state index in [1.807, 2.05) is 32.0 Å². The highest BCUT2D eigenvalue weighted by molar-refractivity contribution is 9.10. The van der Waals surface area contributed by atoms with Gasteiger partial charge in [0.25, 0.3) is 0 Å². The van der Waals surface area contributed by atoms with E-state index in [0.717, 1.165) is 11.3 Å². The zero-order valence-corrected chi connectivity index (χ0v) is 11.2. The molecule has 1 heterocycles. The van der Waals surface area contributed by atoms with E-state index >= 15 is 0 Å². The highest BCUT2D eigenvalue weighted by atomic mass is 79.9. The Morgan fingerprint density at radius 3 is 2.76 bits per heavy atom. The lowest BCUT2D eigenvalue weighted by atomic mass is 10.1. The molecule has 0 unspecified atom stereocenters. The summed E-state index contributed by atoms with van der Waals surface area (Å²) in [6, 6.07) is 5.95. The molecule has 2 aromatic rings.